The Labute approximate surface area is 85.5 Å². The van der Waals surface area contributed by atoms with Crippen molar-refractivity contribution in [3.8, 4) is 0 Å². The van der Waals surface area contributed by atoms with Crippen LogP contribution in [0.2, 0.25) is 0 Å². The van der Waals surface area contributed by atoms with Crippen molar-refractivity contribution < 1.29 is 0 Å². The first-order valence-corrected chi connectivity index (χ1v) is 1.78. The molecule has 0 saturated heterocycles. The Morgan fingerprint density at radius 1 is 1.80 bits per heavy atom. The van der Waals surface area contributed by atoms with E-state index in [1.165, 1.54) is 0 Å². The quantitative estimate of drug-likeness (QED) is 0.286. The monoisotopic (exact) mass is 132 g/mol. The summed E-state index contributed by atoms with van der Waals surface area (Å²) in [7, 11) is 0. The van der Waals surface area contributed by atoms with Gasteiger partial charge in [0.25, 0.3) is 0 Å². The van der Waals surface area contributed by atoms with Crippen LogP contribution in [0.3, 0.4) is 0 Å². The Morgan fingerprint density at radius 2 is 1.80 bits per heavy atom. The van der Waals surface area contributed by atoms with Gasteiger partial charge in [0.1, 0.15) is 0 Å². The maximum absolute atomic E-state index is 4.40. The summed E-state index contributed by atoms with van der Waals surface area (Å²) in [5.41, 5.74) is 0. The first-order valence-electron chi connectivity index (χ1n) is 0.928. The van der Waals surface area contributed by atoms with Crippen LogP contribution in [0.4, 0.5) is 0 Å². The van der Waals surface area contributed by atoms with Gasteiger partial charge in [-0.25, -0.2) is 0 Å². The molecule has 0 fully saturated rings. The fourth-order valence-electron chi connectivity index (χ4n) is 0. The zero-order valence-electron chi connectivity index (χ0n) is 2.36. The van der Waals surface area contributed by atoms with Crippen LogP contribution >= 0.6 is 24.8 Å². The minimum absolute atomic E-state index is 0. The predicted octanol–water partition coefficient (Wildman–Crippen LogP) is 0.615. The van der Waals surface area contributed by atoms with Crippen molar-refractivity contribution in [3.63, 3.8) is 0 Å². The van der Waals surface area contributed by atoms with Crippen molar-refractivity contribution in [2.75, 3.05) is 0 Å². The SMILES string of the molecule is CC(=S)S.[KH]. The topological polar surface area (TPSA) is 0 Å². The molecule has 0 saturated carbocycles. The third-order valence-corrected chi connectivity index (χ3v) is 0. The van der Waals surface area contributed by atoms with Gasteiger partial charge in [-0.1, -0.05) is 12.2 Å². The summed E-state index contributed by atoms with van der Waals surface area (Å²) in [6.45, 7) is 1.76. The fourth-order valence-corrected chi connectivity index (χ4v) is 0. The molecule has 0 rings (SSSR count). The number of thiol groups is 1. The third kappa shape index (κ3) is 23.4. The van der Waals surface area contributed by atoms with Crippen LogP contribution in [-0.2, 0) is 0 Å². The summed E-state index contributed by atoms with van der Waals surface area (Å²) in [6.07, 6.45) is 0. The van der Waals surface area contributed by atoms with Crippen molar-refractivity contribution in [2.24, 2.45) is 0 Å². The Hall–Kier alpha value is 2.08. The normalized spacial score (nSPS) is 5.20. The van der Waals surface area contributed by atoms with Gasteiger partial charge in [0.2, 0.25) is 0 Å². The number of hydrogen-bond acceptors (Lipinski definition) is 1. The molecular formula is C2H5KS2. The van der Waals surface area contributed by atoms with Crippen LogP contribution in [0.5, 0.6) is 0 Å². The van der Waals surface area contributed by atoms with Crippen LogP contribution in [0.1, 0.15) is 6.92 Å². The molecule has 0 aromatic heterocycles. The zero-order valence-corrected chi connectivity index (χ0v) is 4.07. The molecule has 0 amide bonds. The van der Waals surface area contributed by atoms with Gasteiger partial charge in [-0.3, -0.25) is 0 Å². The molecular weight excluding hydrogens is 127 g/mol. The van der Waals surface area contributed by atoms with E-state index in [0.29, 0.717) is 4.20 Å². The second-order valence-electron chi connectivity index (χ2n) is 0.519. The molecule has 0 spiro atoms. The number of hydrogen-bond donors (Lipinski definition) is 1. The van der Waals surface area contributed by atoms with E-state index in [2.05, 4.69) is 24.8 Å². The van der Waals surface area contributed by atoms with E-state index in [-0.39, 0.29) is 51.4 Å². The molecule has 0 nitrogen and oxygen atoms in total. The van der Waals surface area contributed by atoms with Crippen LogP contribution in [0.25, 0.3) is 0 Å². The first kappa shape index (κ1) is 10.1. The van der Waals surface area contributed by atoms with E-state index < -0.39 is 0 Å². The van der Waals surface area contributed by atoms with Crippen molar-refractivity contribution in [3.05, 3.63) is 0 Å². The summed E-state index contributed by atoms with van der Waals surface area (Å²) in [5, 5.41) is 0. The van der Waals surface area contributed by atoms with Crippen molar-refractivity contribution in [1.29, 1.82) is 0 Å². The van der Waals surface area contributed by atoms with E-state index in [4.69, 9.17) is 0 Å². The first-order chi connectivity index (χ1) is 1.73. The second kappa shape index (κ2) is 6.08. The van der Waals surface area contributed by atoms with Gasteiger partial charge in [-0.2, -0.15) is 0 Å². The molecule has 0 unspecified atom stereocenters. The summed E-state index contributed by atoms with van der Waals surface area (Å²) in [4.78, 5) is 0. The van der Waals surface area contributed by atoms with Gasteiger partial charge < -0.3 is 0 Å². The van der Waals surface area contributed by atoms with Crippen molar-refractivity contribution >= 4 is 80.4 Å². The Bertz CT molecular complexity index is 30.6. The molecule has 0 radical (unpaired) electrons. The van der Waals surface area contributed by atoms with Crippen molar-refractivity contribution in [2.45, 2.75) is 6.92 Å². The second-order valence-corrected chi connectivity index (χ2v) is 2.10. The van der Waals surface area contributed by atoms with E-state index in [9.17, 15) is 0 Å². The van der Waals surface area contributed by atoms with Crippen LogP contribution in [0.15, 0.2) is 0 Å². The van der Waals surface area contributed by atoms with Gasteiger partial charge in [-0.15, -0.1) is 12.6 Å². The maximum atomic E-state index is 4.40. The summed E-state index contributed by atoms with van der Waals surface area (Å²) < 4.78 is 0.694. The fraction of sp³-hybridized carbons (Fsp3) is 0.500. The molecule has 0 aromatic rings. The molecule has 5 heavy (non-hydrogen) atoms. The summed E-state index contributed by atoms with van der Waals surface area (Å²) in [5.74, 6) is 0. The molecule has 0 N–H and O–H groups in total. The predicted molar refractivity (Wildman–Crippen MR) is 34.4 cm³/mol. The van der Waals surface area contributed by atoms with Crippen LogP contribution < -0.4 is 0 Å². The Kier molecular flexibility index (Phi) is 12.3. The van der Waals surface area contributed by atoms with Crippen LogP contribution in [0, 0.1) is 0 Å². The number of thiocarbonyl (C=S) groups is 1. The zero-order chi connectivity index (χ0) is 3.58. The third-order valence-electron chi connectivity index (χ3n) is 0. The van der Waals surface area contributed by atoms with Gasteiger partial charge >= 0.3 is 51.4 Å². The van der Waals surface area contributed by atoms with Gasteiger partial charge in [-0.05, 0) is 6.92 Å². The molecule has 0 heterocycles. The van der Waals surface area contributed by atoms with E-state index in [1.807, 2.05) is 0 Å². The summed E-state index contributed by atoms with van der Waals surface area (Å²) >= 11 is 8.10. The average molecular weight is 132 g/mol. The summed E-state index contributed by atoms with van der Waals surface area (Å²) in [6, 6.07) is 0. The van der Waals surface area contributed by atoms with Gasteiger partial charge in [0.05, 0.1) is 0 Å². The average Bonchev–Trinajstić information content (AvgIpc) is 0.811. The van der Waals surface area contributed by atoms with Gasteiger partial charge in [0.15, 0.2) is 0 Å². The molecule has 26 valence electrons. The molecule has 0 aliphatic carbocycles. The van der Waals surface area contributed by atoms with E-state index in [0.717, 1.165) is 0 Å². The van der Waals surface area contributed by atoms with Crippen LogP contribution in [-0.4, -0.2) is 55.6 Å². The Morgan fingerprint density at radius 3 is 1.80 bits per heavy atom. The minimum atomic E-state index is 0. The molecule has 0 aliphatic rings. The molecule has 0 bridgehead atoms. The standard InChI is InChI=1S/C2H4S2.K.H/c1-2(3)4;;/h1H3,(H,3,4);;. The Balaban J connectivity index is 0. The molecule has 3 heteroatoms. The van der Waals surface area contributed by atoms with E-state index in [1.54, 1.807) is 6.92 Å². The molecule has 0 atom stereocenters. The number of rotatable bonds is 0. The van der Waals surface area contributed by atoms with E-state index >= 15 is 0 Å². The molecule has 0 aromatic carbocycles. The molecule has 0 aliphatic heterocycles. The van der Waals surface area contributed by atoms with Gasteiger partial charge in [0, 0.05) is 4.20 Å². The van der Waals surface area contributed by atoms with Crippen molar-refractivity contribution in [1.82, 2.24) is 0 Å².